The van der Waals surface area contributed by atoms with Gasteiger partial charge in [0.1, 0.15) is 18.1 Å². The maximum absolute atomic E-state index is 8.85. The molecule has 0 bridgehead atoms. The van der Waals surface area contributed by atoms with E-state index in [0.717, 1.165) is 22.8 Å². The molecule has 0 aromatic carbocycles. The third-order valence-corrected chi connectivity index (χ3v) is 2.99. The highest BCUT2D eigenvalue weighted by atomic mass is 16.4. The van der Waals surface area contributed by atoms with Gasteiger partial charge in [-0.1, -0.05) is 5.21 Å². The van der Waals surface area contributed by atoms with Gasteiger partial charge in [0.15, 0.2) is 0 Å². The smallest absolute Gasteiger partial charge is 0.251 e. The Hall–Kier alpha value is -2.48. The second kappa shape index (κ2) is 5.49. The van der Waals surface area contributed by atoms with Gasteiger partial charge in [0.05, 0.1) is 11.3 Å². The van der Waals surface area contributed by atoms with Crippen molar-refractivity contribution >= 4 is 0 Å². The molecule has 0 unspecified atom stereocenters. The molecular formula is C13H15N5O3. The standard InChI is InChI=1S/C13H15N5O3/c1-8-5-11(9(2)20-8)13-16-15-12(21-13)7-18-6-10(3-4-19)14-17-18/h5-6,19H,3-4,7H2,1-2H3. The zero-order valence-electron chi connectivity index (χ0n) is 11.8. The molecule has 8 nitrogen and oxygen atoms in total. The van der Waals surface area contributed by atoms with Gasteiger partial charge >= 0.3 is 0 Å². The maximum Gasteiger partial charge on any atom is 0.251 e. The van der Waals surface area contributed by atoms with Gasteiger partial charge in [-0.3, -0.25) is 0 Å². The molecule has 0 aliphatic rings. The van der Waals surface area contributed by atoms with Crippen molar-refractivity contribution < 1.29 is 13.9 Å². The summed E-state index contributed by atoms with van der Waals surface area (Å²) in [5.74, 6) is 2.40. The Morgan fingerprint density at radius 1 is 1.19 bits per heavy atom. The molecule has 3 aromatic rings. The van der Waals surface area contributed by atoms with Gasteiger partial charge in [0.25, 0.3) is 5.89 Å². The fourth-order valence-electron chi connectivity index (χ4n) is 2.05. The van der Waals surface area contributed by atoms with Crippen LogP contribution in [0.1, 0.15) is 23.1 Å². The van der Waals surface area contributed by atoms with E-state index in [1.54, 1.807) is 10.9 Å². The Bertz CT molecular complexity index is 743. The average Bonchev–Trinajstić information content (AvgIpc) is 3.12. The molecule has 8 heteroatoms. The fourth-order valence-corrected chi connectivity index (χ4v) is 2.05. The lowest BCUT2D eigenvalue weighted by Crippen LogP contribution is -2.00. The van der Waals surface area contributed by atoms with Crippen LogP contribution in [0.25, 0.3) is 11.5 Å². The fraction of sp³-hybridized carbons (Fsp3) is 0.385. The van der Waals surface area contributed by atoms with Crippen molar-refractivity contribution in [1.82, 2.24) is 25.2 Å². The number of hydrogen-bond donors (Lipinski definition) is 1. The summed E-state index contributed by atoms with van der Waals surface area (Å²) in [7, 11) is 0. The van der Waals surface area contributed by atoms with Crippen LogP contribution in [0.4, 0.5) is 0 Å². The van der Waals surface area contributed by atoms with Crippen LogP contribution in [0.15, 0.2) is 21.1 Å². The van der Waals surface area contributed by atoms with Gasteiger partial charge in [0.2, 0.25) is 5.89 Å². The van der Waals surface area contributed by atoms with E-state index in [4.69, 9.17) is 13.9 Å². The molecule has 0 atom stereocenters. The van der Waals surface area contributed by atoms with E-state index in [9.17, 15) is 0 Å². The van der Waals surface area contributed by atoms with E-state index in [-0.39, 0.29) is 6.61 Å². The van der Waals surface area contributed by atoms with E-state index < -0.39 is 0 Å². The van der Waals surface area contributed by atoms with Crippen molar-refractivity contribution in [2.45, 2.75) is 26.8 Å². The first-order chi connectivity index (χ1) is 10.2. The molecule has 0 amide bonds. The van der Waals surface area contributed by atoms with E-state index >= 15 is 0 Å². The first-order valence-electron chi connectivity index (χ1n) is 6.55. The highest BCUT2D eigenvalue weighted by Crippen LogP contribution is 2.25. The zero-order chi connectivity index (χ0) is 14.8. The van der Waals surface area contributed by atoms with Crippen molar-refractivity contribution in [2.24, 2.45) is 0 Å². The molecule has 3 heterocycles. The molecule has 0 fully saturated rings. The maximum atomic E-state index is 8.85. The molecule has 3 aromatic heterocycles. The minimum Gasteiger partial charge on any atom is -0.466 e. The average molecular weight is 289 g/mol. The molecule has 0 aliphatic carbocycles. The summed E-state index contributed by atoms with van der Waals surface area (Å²) in [4.78, 5) is 0. The Labute approximate surface area is 120 Å². The number of furan rings is 1. The number of rotatable bonds is 5. The summed E-state index contributed by atoms with van der Waals surface area (Å²) < 4.78 is 12.7. The summed E-state index contributed by atoms with van der Waals surface area (Å²) in [5.41, 5.74) is 1.52. The Balaban J connectivity index is 1.77. The molecule has 0 saturated heterocycles. The molecule has 0 spiro atoms. The monoisotopic (exact) mass is 289 g/mol. The van der Waals surface area contributed by atoms with Gasteiger partial charge in [0, 0.05) is 19.2 Å². The van der Waals surface area contributed by atoms with Gasteiger partial charge in [-0.05, 0) is 19.9 Å². The highest BCUT2D eigenvalue weighted by Gasteiger charge is 2.15. The zero-order valence-corrected chi connectivity index (χ0v) is 11.8. The lowest BCUT2D eigenvalue weighted by atomic mass is 10.2. The first-order valence-corrected chi connectivity index (χ1v) is 6.55. The normalized spacial score (nSPS) is 11.2. The third kappa shape index (κ3) is 2.84. The van der Waals surface area contributed by atoms with E-state index in [0.29, 0.717) is 24.7 Å². The highest BCUT2D eigenvalue weighted by molar-refractivity contribution is 5.55. The quantitative estimate of drug-likeness (QED) is 0.750. The largest absolute Gasteiger partial charge is 0.466 e. The van der Waals surface area contributed by atoms with E-state index in [1.807, 2.05) is 19.9 Å². The van der Waals surface area contributed by atoms with Crippen LogP contribution in [0, 0.1) is 13.8 Å². The molecule has 1 N–H and O–H groups in total. The predicted molar refractivity (Wildman–Crippen MR) is 71.4 cm³/mol. The molecule has 3 rings (SSSR count). The summed E-state index contributed by atoms with van der Waals surface area (Å²) in [5, 5.41) is 24.7. The number of aryl methyl sites for hydroxylation is 2. The third-order valence-electron chi connectivity index (χ3n) is 2.99. The second-order valence-corrected chi connectivity index (χ2v) is 4.71. The summed E-state index contributed by atoms with van der Waals surface area (Å²) in [6.45, 7) is 4.10. The minimum absolute atomic E-state index is 0.0442. The van der Waals surface area contributed by atoms with Crippen LogP contribution in [0.5, 0.6) is 0 Å². The number of aliphatic hydroxyl groups excluding tert-OH is 1. The summed E-state index contributed by atoms with van der Waals surface area (Å²) >= 11 is 0. The van der Waals surface area contributed by atoms with Gasteiger partial charge in [-0.2, -0.15) is 0 Å². The number of hydrogen-bond acceptors (Lipinski definition) is 7. The van der Waals surface area contributed by atoms with Crippen molar-refractivity contribution in [1.29, 1.82) is 0 Å². The Morgan fingerprint density at radius 2 is 2.05 bits per heavy atom. The Morgan fingerprint density at radius 3 is 2.76 bits per heavy atom. The van der Waals surface area contributed by atoms with Crippen LogP contribution >= 0.6 is 0 Å². The topological polar surface area (TPSA) is 103 Å². The molecular weight excluding hydrogens is 274 g/mol. The number of aliphatic hydroxyl groups is 1. The summed E-state index contributed by atoms with van der Waals surface area (Å²) in [6.07, 6.45) is 2.22. The molecule has 21 heavy (non-hydrogen) atoms. The lowest BCUT2D eigenvalue weighted by molar-refractivity contribution is 0.298. The van der Waals surface area contributed by atoms with Crippen molar-refractivity contribution in [3.05, 3.63) is 35.4 Å². The van der Waals surface area contributed by atoms with E-state index in [1.165, 1.54) is 0 Å². The van der Waals surface area contributed by atoms with Gasteiger partial charge in [-0.25, -0.2) is 4.68 Å². The van der Waals surface area contributed by atoms with Crippen molar-refractivity contribution in [3.63, 3.8) is 0 Å². The second-order valence-electron chi connectivity index (χ2n) is 4.71. The Kier molecular flexibility index (Phi) is 3.53. The number of nitrogens with zero attached hydrogens (tertiary/aromatic N) is 5. The van der Waals surface area contributed by atoms with Crippen molar-refractivity contribution in [3.8, 4) is 11.5 Å². The molecule has 0 aliphatic heterocycles. The lowest BCUT2D eigenvalue weighted by Gasteiger charge is -1.93. The van der Waals surface area contributed by atoms with Crippen LogP contribution in [0.2, 0.25) is 0 Å². The van der Waals surface area contributed by atoms with E-state index in [2.05, 4.69) is 20.5 Å². The predicted octanol–water partition coefficient (Wildman–Crippen LogP) is 1.12. The van der Waals surface area contributed by atoms with Gasteiger partial charge < -0.3 is 13.9 Å². The summed E-state index contributed by atoms with van der Waals surface area (Å²) in [6, 6.07) is 1.86. The van der Waals surface area contributed by atoms with Crippen molar-refractivity contribution in [2.75, 3.05) is 6.61 Å². The first kappa shape index (κ1) is 13.5. The van der Waals surface area contributed by atoms with Crippen LogP contribution in [-0.2, 0) is 13.0 Å². The SMILES string of the molecule is Cc1cc(-c2nnc(Cn3cc(CCO)nn3)o2)c(C)o1. The molecule has 110 valence electrons. The number of aromatic nitrogens is 5. The minimum atomic E-state index is 0.0442. The van der Waals surface area contributed by atoms with Gasteiger partial charge in [-0.15, -0.1) is 15.3 Å². The van der Waals surface area contributed by atoms with Crippen LogP contribution < -0.4 is 0 Å². The molecule has 0 radical (unpaired) electrons. The van der Waals surface area contributed by atoms with Crippen LogP contribution in [-0.4, -0.2) is 36.9 Å². The molecule has 0 saturated carbocycles. The van der Waals surface area contributed by atoms with Crippen LogP contribution in [0.3, 0.4) is 0 Å².